The van der Waals surface area contributed by atoms with Gasteiger partial charge in [-0.25, -0.2) is 0 Å². The number of hydrogen-bond acceptors (Lipinski definition) is 4. The van der Waals surface area contributed by atoms with Crippen molar-refractivity contribution in [2.75, 3.05) is 0 Å². The molecule has 0 atom stereocenters. The summed E-state index contributed by atoms with van der Waals surface area (Å²) in [7, 11) is 0. The Balaban J connectivity index is 2.52. The summed E-state index contributed by atoms with van der Waals surface area (Å²) in [6.07, 6.45) is 1.75. The fraction of sp³-hybridized carbons (Fsp3) is 0.125. The van der Waals surface area contributed by atoms with Crippen LogP contribution in [-0.4, -0.2) is 15.1 Å². The molecule has 2 aromatic heterocycles. The molecule has 13 heavy (non-hydrogen) atoms. The van der Waals surface area contributed by atoms with E-state index in [2.05, 4.69) is 15.1 Å². The molecule has 2 heterocycles. The molecule has 2 aromatic rings. The van der Waals surface area contributed by atoms with Gasteiger partial charge in [-0.2, -0.15) is 4.98 Å². The molecule has 0 amide bonds. The van der Waals surface area contributed by atoms with Gasteiger partial charge in [0.25, 0.3) is 5.89 Å². The van der Waals surface area contributed by atoms with Crippen LogP contribution in [0.25, 0.3) is 11.5 Å². The van der Waals surface area contributed by atoms with Crippen LogP contribution in [0.4, 0.5) is 0 Å². The molecule has 0 saturated carbocycles. The molecule has 0 radical (unpaired) electrons. The number of H-pyrrole nitrogens is 1. The van der Waals surface area contributed by atoms with E-state index < -0.39 is 0 Å². The molecule has 4 nitrogen and oxygen atoms in total. The van der Waals surface area contributed by atoms with Gasteiger partial charge in [0.1, 0.15) is 4.64 Å². The zero-order valence-corrected chi connectivity index (χ0v) is 7.76. The van der Waals surface area contributed by atoms with E-state index in [4.69, 9.17) is 16.7 Å². The lowest BCUT2D eigenvalue weighted by Crippen LogP contribution is -1.79. The Hall–Kier alpha value is -1.49. The second kappa shape index (κ2) is 3.10. The summed E-state index contributed by atoms with van der Waals surface area (Å²) in [4.78, 5) is 6.96. The van der Waals surface area contributed by atoms with E-state index in [1.54, 1.807) is 19.2 Å². The first-order chi connectivity index (χ1) is 6.25. The number of aromatic amines is 1. The van der Waals surface area contributed by atoms with Crippen molar-refractivity contribution in [3.8, 4) is 11.5 Å². The fourth-order valence-electron chi connectivity index (χ4n) is 0.992. The van der Waals surface area contributed by atoms with Crippen molar-refractivity contribution >= 4 is 12.2 Å². The third-order valence-electron chi connectivity index (χ3n) is 1.55. The van der Waals surface area contributed by atoms with Gasteiger partial charge in [0.2, 0.25) is 0 Å². The molecule has 0 saturated heterocycles. The van der Waals surface area contributed by atoms with Gasteiger partial charge in [-0.3, -0.25) is 0 Å². The molecule has 66 valence electrons. The Kier molecular flexibility index (Phi) is 1.94. The van der Waals surface area contributed by atoms with Gasteiger partial charge in [-0.1, -0.05) is 17.4 Å². The first-order valence-electron chi connectivity index (χ1n) is 3.75. The molecule has 0 aromatic carbocycles. The molecule has 0 spiro atoms. The molecular weight excluding hydrogens is 186 g/mol. The van der Waals surface area contributed by atoms with Crippen LogP contribution in [-0.2, 0) is 0 Å². The van der Waals surface area contributed by atoms with Gasteiger partial charge in [0.15, 0.2) is 5.82 Å². The van der Waals surface area contributed by atoms with Gasteiger partial charge in [-0.15, -0.1) is 0 Å². The Morgan fingerprint density at radius 2 is 2.38 bits per heavy atom. The zero-order valence-electron chi connectivity index (χ0n) is 6.94. The van der Waals surface area contributed by atoms with Crippen LogP contribution in [0.1, 0.15) is 5.82 Å². The Morgan fingerprint density at radius 3 is 3.00 bits per heavy atom. The maximum absolute atomic E-state index is 4.98. The highest BCUT2D eigenvalue weighted by atomic mass is 32.1. The third-order valence-corrected chi connectivity index (χ3v) is 1.79. The maximum atomic E-state index is 4.98. The summed E-state index contributed by atoms with van der Waals surface area (Å²) >= 11 is 4.96. The molecule has 0 aliphatic carbocycles. The Morgan fingerprint density at radius 1 is 1.54 bits per heavy atom. The highest BCUT2D eigenvalue weighted by Crippen LogP contribution is 2.15. The molecule has 2 rings (SSSR count). The third kappa shape index (κ3) is 1.65. The van der Waals surface area contributed by atoms with Gasteiger partial charge in [0.05, 0.1) is 0 Å². The van der Waals surface area contributed by atoms with Crippen LogP contribution in [0.2, 0.25) is 0 Å². The zero-order chi connectivity index (χ0) is 9.26. The number of aryl methyl sites for hydroxylation is 1. The highest BCUT2D eigenvalue weighted by molar-refractivity contribution is 7.71. The topological polar surface area (TPSA) is 54.7 Å². The average Bonchev–Trinajstić information content (AvgIpc) is 2.52. The summed E-state index contributed by atoms with van der Waals surface area (Å²) in [5.74, 6) is 1.12. The summed E-state index contributed by atoms with van der Waals surface area (Å²) < 4.78 is 5.63. The van der Waals surface area contributed by atoms with Crippen molar-refractivity contribution in [1.29, 1.82) is 0 Å². The van der Waals surface area contributed by atoms with Crippen LogP contribution >= 0.6 is 12.2 Å². The minimum Gasteiger partial charge on any atom is -0.353 e. The monoisotopic (exact) mass is 193 g/mol. The number of aromatic nitrogens is 3. The van der Waals surface area contributed by atoms with Gasteiger partial charge >= 0.3 is 0 Å². The minimum atomic E-state index is 0.498. The first-order valence-corrected chi connectivity index (χ1v) is 4.16. The summed E-state index contributed by atoms with van der Waals surface area (Å²) in [5, 5.41) is 3.69. The lowest BCUT2D eigenvalue weighted by Gasteiger charge is -1.91. The van der Waals surface area contributed by atoms with Crippen molar-refractivity contribution < 1.29 is 4.52 Å². The number of hydrogen-bond donors (Lipinski definition) is 1. The number of nitrogens with zero attached hydrogens (tertiary/aromatic N) is 2. The summed E-state index contributed by atoms with van der Waals surface area (Å²) in [6, 6.07) is 3.62. The smallest absolute Gasteiger partial charge is 0.258 e. The second-order valence-electron chi connectivity index (χ2n) is 2.59. The van der Waals surface area contributed by atoms with Crippen LogP contribution in [0.3, 0.4) is 0 Å². The van der Waals surface area contributed by atoms with Crippen molar-refractivity contribution in [2.24, 2.45) is 0 Å². The Labute approximate surface area is 79.6 Å². The standard InChI is InChI=1S/C8H7N3OS/c1-5-10-8(12-11-5)6-2-3-9-7(13)4-6/h2-4H,1H3,(H,9,13). The fourth-order valence-corrected chi connectivity index (χ4v) is 1.19. The Bertz CT molecular complexity index is 474. The van der Waals surface area contributed by atoms with E-state index in [1.807, 2.05) is 6.07 Å². The molecule has 0 aliphatic heterocycles. The predicted molar refractivity (Wildman–Crippen MR) is 49.7 cm³/mol. The molecule has 0 aliphatic rings. The van der Waals surface area contributed by atoms with Crippen molar-refractivity contribution in [3.05, 3.63) is 28.8 Å². The first kappa shape index (κ1) is 8.12. The minimum absolute atomic E-state index is 0.498. The van der Waals surface area contributed by atoms with E-state index in [1.165, 1.54) is 0 Å². The molecule has 5 heteroatoms. The van der Waals surface area contributed by atoms with Crippen LogP contribution in [0, 0.1) is 11.6 Å². The summed E-state index contributed by atoms with van der Waals surface area (Å²) in [6.45, 7) is 1.77. The average molecular weight is 193 g/mol. The number of nitrogens with one attached hydrogen (secondary N) is 1. The highest BCUT2D eigenvalue weighted by Gasteiger charge is 2.04. The van der Waals surface area contributed by atoms with Gasteiger partial charge in [-0.05, 0) is 19.1 Å². The van der Waals surface area contributed by atoms with Gasteiger partial charge < -0.3 is 9.51 Å². The van der Waals surface area contributed by atoms with Crippen LogP contribution in [0.5, 0.6) is 0 Å². The van der Waals surface area contributed by atoms with E-state index in [9.17, 15) is 0 Å². The second-order valence-corrected chi connectivity index (χ2v) is 3.03. The molecule has 0 unspecified atom stereocenters. The predicted octanol–water partition coefficient (Wildman–Crippen LogP) is 2.10. The number of rotatable bonds is 1. The molecular formula is C8H7N3OS. The molecule has 1 N–H and O–H groups in total. The lowest BCUT2D eigenvalue weighted by atomic mass is 10.3. The lowest BCUT2D eigenvalue weighted by molar-refractivity contribution is 0.425. The van der Waals surface area contributed by atoms with E-state index in [0.29, 0.717) is 16.4 Å². The quantitative estimate of drug-likeness (QED) is 0.705. The van der Waals surface area contributed by atoms with E-state index in [-0.39, 0.29) is 0 Å². The van der Waals surface area contributed by atoms with Crippen molar-refractivity contribution in [2.45, 2.75) is 6.92 Å². The summed E-state index contributed by atoms with van der Waals surface area (Å²) in [5.41, 5.74) is 0.837. The molecule has 0 fully saturated rings. The van der Waals surface area contributed by atoms with Crippen LogP contribution < -0.4 is 0 Å². The number of pyridine rings is 1. The SMILES string of the molecule is Cc1noc(-c2cc[nH]c(=S)c2)n1. The normalized spacial score (nSPS) is 10.2. The van der Waals surface area contributed by atoms with Crippen molar-refractivity contribution in [3.63, 3.8) is 0 Å². The molecule has 0 bridgehead atoms. The van der Waals surface area contributed by atoms with Gasteiger partial charge in [0, 0.05) is 11.8 Å². The van der Waals surface area contributed by atoms with Crippen molar-refractivity contribution in [1.82, 2.24) is 15.1 Å². The van der Waals surface area contributed by atoms with E-state index >= 15 is 0 Å². The van der Waals surface area contributed by atoms with E-state index in [0.717, 1.165) is 5.56 Å². The van der Waals surface area contributed by atoms with Crippen LogP contribution in [0.15, 0.2) is 22.9 Å². The largest absolute Gasteiger partial charge is 0.353 e. The maximum Gasteiger partial charge on any atom is 0.258 e.